The number of aryl methyl sites for hydroxylation is 2. The van der Waals surface area contributed by atoms with Gasteiger partial charge in [-0.2, -0.15) is 0 Å². The first kappa shape index (κ1) is 19.9. The van der Waals surface area contributed by atoms with Gasteiger partial charge in [0.05, 0.1) is 4.92 Å². The summed E-state index contributed by atoms with van der Waals surface area (Å²) in [4.78, 5) is 27.7. The summed E-state index contributed by atoms with van der Waals surface area (Å²) in [6.07, 6.45) is 1.42. The Bertz CT molecular complexity index is 873. The fraction of sp³-hybridized carbons (Fsp3) is 0.409. The van der Waals surface area contributed by atoms with Crippen LogP contribution in [0.2, 0.25) is 0 Å². The van der Waals surface area contributed by atoms with Crippen molar-refractivity contribution in [2.75, 3.05) is 25.0 Å². The molecule has 1 aliphatic heterocycles. The van der Waals surface area contributed by atoms with E-state index in [1.807, 2.05) is 22.9 Å². The summed E-state index contributed by atoms with van der Waals surface area (Å²) in [7, 11) is 1.86. The number of anilines is 1. The second-order valence-corrected chi connectivity index (χ2v) is 7.63. The lowest BCUT2D eigenvalue weighted by atomic mass is 9.94. The van der Waals surface area contributed by atoms with Crippen molar-refractivity contribution in [1.82, 2.24) is 4.90 Å². The zero-order valence-corrected chi connectivity index (χ0v) is 16.7. The minimum atomic E-state index is -0.343. The summed E-state index contributed by atoms with van der Waals surface area (Å²) in [6.45, 7) is 6.05. The van der Waals surface area contributed by atoms with Gasteiger partial charge in [0, 0.05) is 38.7 Å². The Labute approximate surface area is 165 Å². The molecule has 3 rings (SSSR count). The molecule has 0 N–H and O–H groups in total. The van der Waals surface area contributed by atoms with E-state index in [0.717, 1.165) is 0 Å². The van der Waals surface area contributed by atoms with Crippen molar-refractivity contribution in [2.24, 2.45) is 5.92 Å². The highest BCUT2D eigenvalue weighted by molar-refractivity contribution is 5.79. The van der Waals surface area contributed by atoms with E-state index in [4.69, 9.17) is 0 Å². The maximum atomic E-state index is 12.9. The third-order valence-corrected chi connectivity index (χ3v) is 5.55. The lowest BCUT2D eigenvalue weighted by Crippen LogP contribution is -2.41. The van der Waals surface area contributed by atoms with Crippen LogP contribution < -0.4 is 4.90 Å². The van der Waals surface area contributed by atoms with Crippen molar-refractivity contribution in [3.05, 3.63) is 69.3 Å². The van der Waals surface area contributed by atoms with E-state index >= 15 is 0 Å². The molecule has 28 heavy (non-hydrogen) atoms. The Kier molecular flexibility index (Phi) is 5.97. The van der Waals surface area contributed by atoms with Gasteiger partial charge in [-0.3, -0.25) is 14.9 Å². The van der Waals surface area contributed by atoms with Crippen LogP contribution in [0, 0.1) is 29.9 Å². The number of piperidine rings is 1. The van der Waals surface area contributed by atoms with Gasteiger partial charge in [0.1, 0.15) is 5.69 Å². The summed E-state index contributed by atoms with van der Waals surface area (Å²) in [5.74, 6) is 0.122. The SMILES string of the molecule is Cc1ccc(CN(C)C(=O)C2CCN(c3ccccc3[N+](=O)[O-])CC2)c(C)c1. The molecule has 1 amide bonds. The molecule has 2 aromatic rings. The van der Waals surface area contributed by atoms with E-state index in [2.05, 4.69) is 32.0 Å². The number of carbonyl (C=O) groups excluding carboxylic acids is 1. The molecule has 1 saturated heterocycles. The van der Waals surface area contributed by atoms with E-state index in [0.29, 0.717) is 38.2 Å². The van der Waals surface area contributed by atoms with Gasteiger partial charge >= 0.3 is 0 Å². The fourth-order valence-electron chi connectivity index (χ4n) is 3.92. The summed E-state index contributed by atoms with van der Waals surface area (Å²) in [5, 5.41) is 11.3. The van der Waals surface area contributed by atoms with E-state index in [9.17, 15) is 14.9 Å². The normalized spacial score (nSPS) is 14.8. The molecule has 0 atom stereocenters. The van der Waals surface area contributed by atoms with Crippen LogP contribution >= 0.6 is 0 Å². The number of carbonyl (C=O) groups is 1. The van der Waals surface area contributed by atoms with E-state index < -0.39 is 0 Å². The molecule has 0 aromatic heterocycles. The van der Waals surface area contributed by atoms with Crippen LogP contribution in [0.5, 0.6) is 0 Å². The number of hydrogen-bond donors (Lipinski definition) is 0. The molecule has 0 spiro atoms. The molecule has 6 heteroatoms. The van der Waals surface area contributed by atoms with E-state index in [1.165, 1.54) is 22.8 Å². The van der Waals surface area contributed by atoms with Crippen molar-refractivity contribution < 1.29 is 9.72 Å². The number of rotatable bonds is 5. The molecule has 0 aliphatic carbocycles. The topological polar surface area (TPSA) is 66.7 Å². The minimum Gasteiger partial charge on any atom is -0.366 e. The Morgan fingerprint density at radius 3 is 2.50 bits per heavy atom. The fourth-order valence-corrected chi connectivity index (χ4v) is 3.92. The van der Waals surface area contributed by atoms with Gasteiger partial charge in [-0.1, -0.05) is 35.9 Å². The standard InChI is InChI=1S/C22H27N3O3/c1-16-8-9-19(17(2)14-16)15-23(3)22(26)18-10-12-24(13-11-18)20-6-4-5-7-21(20)25(27)28/h4-9,14,18H,10-13,15H2,1-3H3. The highest BCUT2D eigenvalue weighted by atomic mass is 16.6. The first-order valence-corrected chi connectivity index (χ1v) is 9.66. The molecular weight excluding hydrogens is 354 g/mol. The number of nitro benzene ring substituents is 1. The van der Waals surface area contributed by atoms with Crippen LogP contribution in [0.15, 0.2) is 42.5 Å². The number of hydrogen-bond acceptors (Lipinski definition) is 4. The predicted octanol–water partition coefficient (Wildman–Crippen LogP) is 4.09. The summed E-state index contributed by atoms with van der Waals surface area (Å²) >= 11 is 0. The van der Waals surface area contributed by atoms with Crippen LogP contribution in [-0.4, -0.2) is 35.9 Å². The molecule has 2 aromatic carbocycles. The van der Waals surface area contributed by atoms with Crippen molar-refractivity contribution in [2.45, 2.75) is 33.2 Å². The smallest absolute Gasteiger partial charge is 0.292 e. The largest absolute Gasteiger partial charge is 0.366 e. The zero-order valence-electron chi connectivity index (χ0n) is 16.7. The van der Waals surface area contributed by atoms with Crippen molar-refractivity contribution in [3.8, 4) is 0 Å². The van der Waals surface area contributed by atoms with Gasteiger partial charge in [0.2, 0.25) is 5.91 Å². The number of para-hydroxylation sites is 2. The lowest BCUT2D eigenvalue weighted by Gasteiger charge is -2.34. The quantitative estimate of drug-likeness (QED) is 0.578. The Morgan fingerprint density at radius 1 is 1.18 bits per heavy atom. The molecule has 148 valence electrons. The van der Waals surface area contributed by atoms with Crippen LogP contribution in [0.1, 0.15) is 29.5 Å². The highest BCUT2D eigenvalue weighted by Gasteiger charge is 2.29. The molecule has 0 unspecified atom stereocenters. The molecule has 1 aliphatic rings. The Morgan fingerprint density at radius 2 is 1.86 bits per heavy atom. The molecule has 1 fully saturated rings. The molecule has 0 radical (unpaired) electrons. The van der Waals surface area contributed by atoms with Gasteiger partial charge in [-0.25, -0.2) is 0 Å². The van der Waals surface area contributed by atoms with Gasteiger partial charge in [-0.05, 0) is 43.9 Å². The van der Waals surface area contributed by atoms with Crippen LogP contribution in [0.4, 0.5) is 11.4 Å². The van der Waals surface area contributed by atoms with Crippen molar-refractivity contribution in [3.63, 3.8) is 0 Å². The maximum absolute atomic E-state index is 12.9. The van der Waals surface area contributed by atoms with Crippen LogP contribution in [-0.2, 0) is 11.3 Å². The molecular formula is C22H27N3O3. The van der Waals surface area contributed by atoms with Gasteiger partial charge in [0.25, 0.3) is 5.69 Å². The van der Waals surface area contributed by atoms with Crippen molar-refractivity contribution >= 4 is 17.3 Å². The van der Waals surface area contributed by atoms with Crippen LogP contribution in [0.3, 0.4) is 0 Å². The first-order valence-electron chi connectivity index (χ1n) is 9.66. The number of nitrogens with zero attached hydrogens (tertiary/aromatic N) is 3. The van der Waals surface area contributed by atoms with E-state index in [-0.39, 0.29) is 22.4 Å². The first-order chi connectivity index (χ1) is 13.4. The Balaban J connectivity index is 1.61. The summed E-state index contributed by atoms with van der Waals surface area (Å²) in [6, 6.07) is 13.1. The second kappa shape index (κ2) is 8.42. The predicted molar refractivity (Wildman–Crippen MR) is 110 cm³/mol. The minimum absolute atomic E-state index is 0.0326. The highest BCUT2D eigenvalue weighted by Crippen LogP contribution is 2.31. The summed E-state index contributed by atoms with van der Waals surface area (Å²) in [5.41, 5.74) is 4.35. The lowest BCUT2D eigenvalue weighted by molar-refractivity contribution is -0.384. The average Bonchev–Trinajstić information content (AvgIpc) is 2.69. The second-order valence-electron chi connectivity index (χ2n) is 7.63. The zero-order chi connectivity index (χ0) is 20.3. The Hall–Kier alpha value is -2.89. The average molecular weight is 381 g/mol. The third kappa shape index (κ3) is 4.32. The van der Waals surface area contributed by atoms with Crippen LogP contribution in [0.25, 0.3) is 0 Å². The van der Waals surface area contributed by atoms with Gasteiger partial charge in [-0.15, -0.1) is 0 Å². The number of amides is 1. The van der Waals surface area contributed by atoms with Gasteiger partial charge in [0.15, 0.2) is 0 Å². The van der Waals surface area contributed by atoms with Crippen molar-refractivity contribution in [1.29, 1.82) is 0 Å². The number of benzene rings is 2. The molecule has 1 heterocycles. The molecule has 6 nitrogen and oxygen atoms in total. The molecule has 0 bridgehead atoms. The number of nitro groups is 1. The van der Waals surface area contributed by atoms with Gasteiger partial charge < -0.3 is 9.80 Å². The third-order valence-electron chi connectivity index (χ3n) is 5.55. The van der Waals surface area contributed by atoms with E-state index in [1.54, 1.807) is 12.1 Å². The maximum Gasteiger partial charge on any atom is 0.292 e. The monoisotopic (exact) mass is 381 g/mol. The summed E-state index contributed by atoms with van der Waals surface area (Å²) < 4.78 is 0. The molecule has 0 saturated carbocycles.